The summed E-state index contributed by atoms with van der Waals surface area (Å²) >= 11 is 0. The summed E-state index contributed by atoms with van der Waals surface area (Å²) in [6.45, 7) is 1.85. The van der Waals surface area contributed by atoms with E-state index in [-0.39, 0.29) is 11.7 Å². The molecule has 1 aliphatic rings. The van der Waals surface area contributed by atoms with E-state index in [4.69, 9.17) is 0 Å². The predicted molar refractivity (Wildman–Crippen MR) is 57.4 cm³/mol. The van der Waals surface area contributed by atoms with Crippen molar-refractivity contribution in [3.63, 3.8) is 0 Å². The van der Waals surface area contributed by atoms with Crippen molar-refractivity contribution in [2.75, 3.05) is 0 Å². The number of aromatic nitrogens is 4. The number of tetrazole rings is 1. The average molecular weight is 208 g/mol. The van der Waals surface area contributed by atoms with Crippen LogP contribution in [0.25, 0.3) is 6.20 Å². The first kappa shape index (κ1) is 10.1. The van der Waals surface area contributed by atoms with Gasteiger partial charge in [-0.1, -0.05) is 25.3 Å². The zero-order valence-electron chi connectivity index (χ0n) is 8.96. The normalized spacial score (nSPS) is 18.7. The van der Waals surface area contributed by atoms with Crippen molar-refractivity contribution in [3.05, 3.63) is 16.6 Å². The highest BCUT2D eigenvalue weighted by Crippen LogP contribution is 2.25. The molecule has 1 aromatic heterocycles. The third kappa shape index (κ3) is 2.00. The first-order chi connectivity index (χ1) is 7.33. The van der Waals surface area contributed by atoms with E-state index in [0.29, 0.717) is 0 Å². The van der Waals surface area contributed by atoms with Crippen LogP contribution in [0.1, 0.15) is 45.1 Å². The molecule has 2 rings (SSSR count). The van der Waals surface area contributed by atoms with Crippen LogP contribution >= 0.6 is 0 Å². The van der Waals surface area contributed by atoms with Crippen LogP contribution in [0.5, 0.6) is 0 Å². The molecule has 1 saturated carbocycles. The lowest BCUT2D eigenvalue weighted by Gasteiger charge is -2.19. The molecule has 0 atom stereocenters. The summed E-state index contributed by atoms with van der Waals surface area (Å²) < 4.78 is 2.81. The second kappa shape index (κ2) is 4.42. The number of hydrogen-bond donors (Lipinski definition) is 0. The van der Waals surface area contributed by atoms with Crippen LogP contribution in [0.15, 0.2) is 10.9 Å². The highest BCUT2D eigenvalue weighted by molar-refractivity contribution is 5.16. The zero-order chi connectivity index (χ0) is 10.7. The monoisotopic (exact) mass is 208 g/mol. The Morgan fingerprint density at radius 3 is 2.67 bits per heavy atom. The van der Waals surface area contributed by atoms with E-state index in [1.165, 1.54) is 28.6 Å². The molecule has 0 radical (unpaired) electrons. The lowest BCUT2D eigenvalue weighted by Crippen LogP contribution is -2.27. The number of allylic oxidation sites excluding steroid dienone is 1. The fraction of sp³-hybridized carbons (Fsp3) is 0.700. The summed E-state index contributed by atoms with van der Waals surface area (Å²) in [6, 6.07) is 0.255. The topological polar surface area (TPSA) is 52.7 Å². The summed E-state index contributed by atoms with van der Waals surface area (Å²) in [5, 5.41) is 7.73. The fourth-order valence-corrected chi connectivity index (χ4v) is 2.06. The van der Waals surface area contributed by atoms with Gasteiger partial charge in [-0.25, -0.2) is 4.79 Å². The summed E-state index contributed by atoms with van der Waals surface area (Å²) in [4.78, 5) is 11.8. The Morgan fingerprint density at radius 1 is 1.27 bits per heavy atom. The molecule has 5 nitrogen and oxygen atoms in total. The van der Waals surface area contributed by atoms with E-state index in [1.54, 1.807) is 12.3 Å². The minimum atomic E-state index is -0.125. The maximum absolute atomic E-state index is 11.8. The van der Waals surface area contributed by atoms with Gasteiger partial charge in [0.1, 0.15) is 0 Å². The lowest BCUT2D eigenvalue weighted by atomic mass is 9.96. The van der Waals surface area contributed by atoms with Crippen LogP contribution in [0.3, 0.4) is 0 Å². The summed E-state index contributed by atoms with van der Waals surface area (Å²) in [6.07, 6.45) is 9.16. The van der Waals surface area contributed by atoms with Crippen molar-refractivity contribution in [2.24, 2.45) is 0 Å². The maximum atomic E-state index is 11.8. The quantitative estimate of drug-likeness (QED) is 0.739. The van der Waals surface area contributed by atoms with Crippen LogP contribution in [-0.2, 0) is 0 Å². The number of hydrogen-bond acceptors (Lipinski definition) is 3. The van der Waals surface area contributed by atoms with Gasteiger partial charge in [0.05, 0.1) is 6.04 Å². The van der Waals surface area contributed by atoms with Crippen LogP contribution in [0, 0.1) is 0 Å². The summed E-state index contributed by atoms with van der Waals surface area (Å²) in [5.74, 6) is 0. The molecule has 0 spiro atoms. The largest absolute Gasteiger partial charge is 0.368 e. The minimum absolute atomic E-state index is 0.125. The standard InChI is InChI=1S/C10H16N4O/c1-2-8-13-10(15)14(12-11-13)9-6-4-3-5-7-9/h2,8-9H,3-7H2,1H3/b8-2-. The highest BCUT2D eigenvalue weighted by atomic mass is 16.2. The minimum Gasteiger partial charge on any atom is -0.244 e. The van der Waals surface area contributed by atoms with E-state index < -0.39 is 0 Å². The molecule has 0 aliphatic heterocycles. The van der Waals surface area contributed by atoms with Crippen molar-refractivity contribution in [1.29, 1.82) is 0 Å². The SMILES string of the molecule is C/C=C\n1nnn(C2CCCCC2)c1=O. The van der Waals surface area contributed by atoms with Gasteiger partial charge in [-0.15, -0.1) is 0 Å². The van der Waals surface area contributed by atoms with Crippen molar-refractivity contribution in [3.8, 4) is 0 Å². The van der Waals surface area contributed by atoms with Crippen LogP contribution < -0.4 is 5.69 Å². The van der Waals surface area contributed by atoms with Gasteiger partial charge in [-0.3, -0.25) is 0 Å². The molecule has 5 heteroatoms. The van der Waals surface area contributed by atoms with E-state index >= 15 is 0 Å². The molecule has 15 heavy (non-hydrogen) atoms. The van der Waals surface area contributed by atoms with Gasteiger partial charge in [-0.05, 0) is 30.2 Å². The molecular formula is C10H16N4O. The van der Waals surface area contributed by atoms with Crippen molar-refractivity contribution < 1.29 is 0 Å². The lowest BCUT2D eigenvalue weighted by molar-refractivity contribution is 0.318. The first-order valence-corrected chi connectivity index (χ1v) is 5.49. The molecule has 0 amide bonds. The Hall–Kier alpha value is -1.39. The molecule has 0 bridgehead atoms. The van der Waals surface area contributed by atoms with Gasteiger partial charge in [-0.2, -0.15) is 9.36 Å². The Morgan fingerprint density at radius 2 is 2.00 bits per heavy atom. The zero-order valence-corrected chi connectivity index (χ0v) is 8.96. The molecule has 0 aromatic carbocycles. The molecule has 1 aromatic rings. The highest BCUT2D eigenvalue weighted by Gasteiger charge is 2.19. The van der Waals surface area contributed by atoms with Crippen molar-refractivity contribution >= 4 is 6.20 Å². The van der Waals surface area contributed by atoms with Crippen LogP contribution in [0.2, 0.25) is 0 Å². The van der Waals surface area contributed by atoms with Crippen LogP contribution in [-0.4, -0.2) is 19.8 Å². The third-order valence-corrected chi connectivity index (χ3v) is 2.84. The number of nitrogens with zero attached hydrogens (tertiary/aromatic N) is 4. The molecule has 0 N–H and O–H groups in total. The summed E-state index contributed by atoms with van der Waals surface area (Å²) in [5.41, 5.74) is -0.125. The van der Waals surface area contributed by atoms with E-state index in [0.717, 1.165) is 12.8 Å². The fourth-order valence-electron chi connectivity index (χ4n) is 2.06. The van der Waals surface area contributed by atoms with Crippen molar-refractivity contribution in [2.45, 2.75) is 45.1 Å². The molecule has 1 aliphatic carbocycles. The smallest absolute Gasteiger partial charge is 0.244 e. The molecule has 0 saturated heterocycles. The maximum Gasteiger partial charge on any atom is 0.368 e. The van der Waals surface area contributed by atoms with Gasteiger partial charge in [0.2, 0.25) is 0 Å². The Labute approximate surface area is 88.4 Å². The van der Waals surface area contributed by atoms with E-state index in [2.05, 4.69) is 10.4 Å². The van der Waals surface area contributed by atoms with E-state index in [9.17, 15) is 4.79 Å². The number of rotatable bonds is 2. The second-order valence-corrected chi connectivity index (χ2v) is 3.92. The predicted octanol–water partition coefficient (Wildman–Crippen LogP) is 1.44. The Bertz CT molecular complexity index is 398. The Balaban J connectivity index is 2.24. The van der Waals surface area contributed by atoms with Gasteiger partial charge < -0.3 is 0 Å². The molecule has 1 fully saturated rings. The molecule has 0 unspecified atom stereocenters. The second-order valence-electron chi connectivity index (χ2n) is 3.92. The Kier molecular flexibility index (Phi) is 2.99. The summed E-state index contributed by atoms with van der Waals surface area (Å²) in [7, 11) is 0. The van der Waals surface area contributed by atoms with Gasteiger partial charge in [0.15, 0.2) is 0 Å². The van der Waals surface area contributed by atoms with Gasteiger partial charge in [0, 0.05) is 6.20 Å². The van der Waals surface area contributed by atoms with E-state index in [1.807, 2.05) is 6.92 Å². The average Bonchev–Trinajstić information content (AvgIpc) is 2.63. The molecule has 1 heterocycles. The first-order valence-electron chi connectivity index (χ1n) is 5.49. The van der Waals surface area contributed by atoms with Gasteiger partial charge >= 0.3 is 5.69 Å². The third-order valence-electron chi connectivity index (χ3n) is 2.84. The van der Waals surface area contributed by atoms with Crippen molar-refractivity contribution in [1.82, 2.24) is 19.8 Å². The molecule has 82 valence electrons. The molecular weight excluding hydrogens is 192 g/mol. The van der Waals surface area contributed by atoms with Crippen LogP contribution in [0.4, 0.5) is 0 Å². The van der Waals surface area contributed by atoms with Gasteiger partial charge in [0.25, 0.3) is 0 Å².